The monoisotopic (exact) mass is 109 g/mol. The van der Waals surface area contributed by atoms with Crippen LogP contribution in [-0.4, -0.2) is 6.54 Å². The van der Waals surface area contributed by atoms with Crippen LogP contribution in [0.3, 0.4) is 0 Å². The highest BCUT2D eigenvalue weighted by atomic mass is 14.6. The minimum absolute atomic E-state index is 0.0972. The van der Waals surface area contributed by atoms with Crippen molar-refractivity contribution in [2.45, 2.75) is 6.92 Å². The van der Waals surface area contributed by atoms with Crippen molar-refractivity contribution in [2.24, 2.45) is 11.1 Å². The van der Waals surface area contributed by atoms with Crippen molar-refractivity contribution in [3.8, 4) is 12.1 Å². The molecular weight excluding hydrogens is 102 g/mol. The standard InChI is InChI=1S/C5H7N3/c1-5(2-6,3-7)4-8/h2,6H2,1H3. The molecule has 0 aromatic heterocycles. The van der Waals surface area contributed by atoms with Gasteiger partial charge in [-0.15, -0.1) is 0 Å². The Morgan fingerprint density at radius 3 is 1.88 bits per heavy atom. The van der Waals surface area contributed by atoms with Gasteiger partial charge in [0.15, 0.2) is 5.41 Å². The summed E-state index contributed by atoms with van der Waals surface area (Å²) in [7, 11) is 0. The van der Waals surface area contributed by atoms with Crippen molar-refractivity contribution < 1.29 is 0 Å². The van der Waals surface area contributed by atoms with Crippen molar-refractivity contribution in [2.75, 3.05) is 6.54 Å². The number of hydrogen-bond donors (Lipinski definition) is 1. The Balaban J connectivity index is 4.11. The molecule has 0 bridgehead atoms. The van der Waals surface area contributed by atoms with Gasteiger partial charge in [-0.05, 0) is 6.92 Å². The van der Waals surface area contributed by atoms with Crippen LogP contribution in [0.4, 0.5) is 0 Å². The lowest BCUT2D eigenvalue weighted by atomic mass is 9.96. The van der Waals surface area contributed by atoms with Crippen molar-refractivity contribution >= 4 is 0 Å². The van der Waals surface area contributed by atoms with E-state index in [2.05, 4.69) is 0 Å². The Hall–Kier alpha value is -1.06. The molecular formula is C5H7N3. The van der Waals surface area contributed by atoms with Crippen LogP contribution in [0, 0.1) is 28.1 Å². The summed E-state index contributed by atoms with van der Waals surface area (Å²) in [6.07, 6.45) is 0. The van der Waals surface area contributed by atoms with E-state index in [9.17, 15) is 0 Å². The Morgan fingerprint density at radius 2 is 1.88 bits per heavy atom. The van der Waals surface area contributed by atoms with Gasteiger partial charge in [0, 0.05) is 6.54 Å². The molecule has 42 valence electrons. The molecule has 0 heterocycles. The van der Waals surface area contributed by atoms with Crippen LogP contribution in [0.25, 0.3) is 0 Å². The normalized spacial score (nSPS) is 9.50. The molecule has 3 nitrogen and oxygen atoms in total. The second kappa shape index (κ2) is 2.30. The molecule has 0 spiro atoms. The van der Waals surface area contributed by atoms with Crippen LogP contribution in [0.1, 0.15) is 6.92 Å². The van der Waals surface area contributed by atoms with Crippen LogP contribution >= 0.6 is 0 Å². The highest BCUT2D eigenvalue weighted by molar-refractivity contribution is 5.11. The van der Waals surface area contributed by atoms with Gasteiger partial charge in [0.05, 0.1) is 12.1 Å². The maximum atomic E-state index is 8.23. The second-order valence-corrected chi connectivity index (χ2v) is 1.76. The SMILES string of the molecule is CC(C#N)(C#N)CN. The van der Waals surface area contributed by atoms with Gasteiger partial charge in [0.25, 0.3) is 0 Å². The molecule has 0 radical (unpaired) electrons. The zero-order valence-electron chi connectivity index (χ0n) is 4.68. The third-order valence-corrected chi connectivity index (χ3v) is 0.902. The first-order valence-electron chi connectivity index (χ1n) is 2.21. The quantitative estimate of drug-likeness (QED) is 0.515. The van der Waals surface area contributed by atoms with E-state index < -0.39 is 5.41 Å². The number of rotatable bonds is 1. The van der Waals surface area contributed by atoms with E-state index in [4.69, 9.17) is 16.3 Å². The van der Waals surface area contributed by atoms with Gasteiger partial charge in [-0.2, -0.15) is 10.5 Å². The molecule has 0 aromatic carbocycles. The largest absolute Gasteiger partial charge is 0.328 e. The van der Waals surface area contributed by atoms with Crippen molar-refractivity contribution in [1.82, 2.24) is 0 Å². The van der Waals surface area contributed by atoms with Crippen LogP contribution in [0.2, 0.25) is 0 Å². The van der Waals surface area contributed by atoms with Crippen LogP contribution in [0.15, 0.2) is 0 Å². The topological polar surface area (TPSA) is 73.6 Å². The van der Waals surface area contributed by atoms with Gasteiger partial charge in [-0.1, -0.05) is 0 Å². The van der Waals surface area contributed by atoms with Gasteiger partial charge in [0.1, 0.15) is 0 Å². The first kappa shape index (κ1) is 6.94. The van der Waals surface area contributed by atoms with Crippen molar-refractivity contribution in [3.63, 3.8) is 0 Å². The minimum Gasteiger partial charge on any atom is -0.328 e. The fourth-order valence-electron chi connectivity index (χ4n) is 0.116. The molecule has 0 saturated carbocycles. The molecule has 0 aliphatic rings. The molecule has 0 amide bonds. The lowest BCUT2D eigenvalue weighted by molar-refractivity contribution is 0.598. The van der Waals surface area contributed by atoms with E-state index in [-0.39, 0.29) is 6.54 Å². The highest BCUT2D eigenvalue weighted by Gasteiger charge is 2.19. The van der Waals surface area contributed by atoms with Gasteiger partial charge in [-0.3, -0.25) is 0 Å². The predicted molar refractivity (Wildman–Crippen MR) is 28.4 cm³/mol. The summed E-state index contributed by atoms with van der Waals surface area (Å²) in [6.45, 7) is 1.60. The molecule has 8 heavy (non-hydrogen) atoms. The molecule has 0 atom stereocenters. The summed E-state index contributed by atoms with van der Waals surface area (Å²) in [6, 6.07) is 3.58. The van der Waals surface area contributed by atoms with Crippen LogP contribution in [-0.2, 0) is 0 Å². The molecule has 2 N–H and O–H groups in total. The first-order chi connectivity index (χ1) is 3.68. The van der Waals surface area contributed by atoms with Crippen LogP contribution in [0.5, 0.6) is 0 Å². The molecule has 0 rings (SSSR count). The van der Waals surface area contributed by atoms with Gasteiger partial charge in [0.2, 0.25) is 0 Å². The Kier molecular flexibility index (Phi) is 1.99. The van der Waals surface area contributed by atoms with Crippen LogP contribution < -0.4 is 5.73 Å². The molecule has 0 aliphatic carbocycles. The molecule has 0 saturated heterocycles. The third-order valence-electron chi connectivity index (χ3n) is 0.902. The second-order valence-electron chi connectivity index (χ2n) is 1.76. The summed E-state index contributed by atoms with van der Waals surface area (Å²) in [5.41, 5.74) is 4.10. The zero-order chi connectivity index (χ0) is 6.62. The van der Waals surface area contributed by atoms with E-state index >= 15 is 0 Å². The Bertz CT molecular complexity index is 134. The third kappa shape index (κ3) is 1.22. The average Bonchev–Trinajstić information content (AvgIpc) is 1.87. The summed E-state index contributed by atoms with van der Waals surface area (Å²) in [5.74, 6) is 0. The lowest BCUT2D eigenvalue weighted by Gasteiger charge is -2.04. The molecule has 3 heteroatoms. The summed E-state index contributed by atoms with van der Waals surface area (Å²) < 4.78 is 0. The lowest BCUT2D eigenvalue weighted by Crippen LogP contribution is -2.22. The zero-order valence-corrected chi connectivity index (χ0v) is 4.68. The number of nitrogens with zero attached hydrogens (tertiary/aromatic N) is 2. The summed E-state index contributed by atoms with van der Waals surface area (Å²) >= 11 is 0. The average molecular weight is 109 g/mol. The summed E-state index contributed by atoms with van der Waals surface area (Å²) in [5, 5.41) is 16.5. The summed E-state index contributed by atoms with van der Waals surface area (Å²) in [4.78, 5) is 0. The highest BCUT2D eigenvalue weighted by Crippen LogP contribution is 2.08. The van der Waals surface area contributed by atoms with E-state index in [1.54, 1.807) is 12.1 Å². The minimum atomic E-state index is -0.986. The van der Waals surface area contributed by atoms with E-state index in [1.807, 2.05) is 0 Å². The number of hydrogen-bond acceptors (Lipinski definition) is 3. The Labute approximate surface area is 48.3 Å². The Morgan fingerprint density at radius 1 is 1.50 bits per heavy atom. The fraction of sp³-hybridized carbons (Fsp3) is 0.600. The van der Waals surface area contributed by atoms with Gasteiger partial charge >= 0.3 is 0 Å². The fourth-order valence-corrected chi connectivity index (χ4v) is 0.116. The molecule has 0 unspecified atom stereocenters. The molecule has 0 aliphatic heterocycles. The van der Waals surface area contributed by atoms with Gasteiger partial charge < -0.3 is 5.73 Å². The molecule has 0 aromatic rings. The van der Waals surface area contributed by atoms with E-state index in [1.165, 1.54) is 6.92 Å². The predicted octanol–water partition coefficient (Wildman–Crippen LogP) is -0.00144. The maximum absolute atomic E-state index is 8.23. The smallest absolute Gasteiger partial charge is 0.153 e. The van der Waals surface area contributed by atoms with E-state index in [0.717, 1.165) is 0 Å². The van der Waals surface area contributed by atoms with Crippen molar-refractivity contribution in [1.29, 1.82) is 10.5 Å². The van der Waals surface area contributed by atoms with Crippen molar-refractivity contribution in [3.05, 3.63) is 0 Å². The van der Waals surface area contributed by atoms with E-state index in [0.29, 0.717) is 0 Å². The maximum Gasteiger partial charge on any atom is 0.153 e. The first-order valence-corrected chi connectivity index (χ1v) is 2.21. The number of nitriles is 2. The van der Waals surface area contributed by atoms with Gasteiger partial charge in [-0.25, -0.2) is 0 Å². The molecule has 0 fully saturated rings. The number of nitrogens with two attached hydrogens (primary N) is 1.